The van der Waals surface area contributed by atoms with E-state index < -0.39 is 0 Å². The van der Waals surface area contributed by atoms with Gasteiger partial charge in [0.15, 0.2) is 0 Å². The van der Waals surface area contributed by atoms with Crippen LogP contribution in [0.15, 0.2) is 24.3 Å². The number of nitrogens with one attached hydrogen (secondary N) is 1. The predicted molar refractivity (Wildman–Crippen MR) is 51.3 cm³/mol. The second-order valence-corrected chi connectivity index (χ2v) is 3.53. The molecule has 0 saturated carbocycles. The van der Waals surface area contributed by atoms with Gasteiger partial charge in [0.1, 0.15) is 4.32 Å². The van der Waals surface area contributed by atoms with Crippen molar-refractivity contribution in [2.75, 3.05) is 12.3 Å². The predicted octanol–water partition coefficient (Wildman–Crippen LogP) is 1.72. The number of hydrogen-bond donors (Lipinski definition) is 1. The fourth-order valence-corrected chi connectivity index (χ4v) is 1.43. The molecule has 1 heterocycles. The highest BCUT2D eigenvalue weighted by Gasteiger charge is 1.92. The lowest BCUT2D eigenvalue weighted by Crippen LogP contribution is -2.17. The minimum atomic E-state index is 0.843. The van der Waals surface area contributed by atoms with Gasteiger partial charge in [-0.15, -0.1) is 0 Å². The van der Waals surface area contributed by atoms with Gasteiger partial charge in [0.05, 0.1) is 0 Å². The summed E-state index contributed by atoms with van der Waals surface area (Å²) < 4.78 is 0.885. The lowest BCUT2D eigenvalue weighted by atomic mass is 10.4. The standard InChI is InChI=1S/C7H9NS2/c9-7-8-5-3-1-2-4-6-10-7/h1-4H,5-6H2,(H,8,9)/b3-1-,4-2-. The van der Waals surface area contributed by atoms with Gasteiger partial charge in [-0.2, -0.15) is 0 Å². The smallest absolute Gasteiger partial charge is 0.134 e. The van der Waals surface area contributed by atoms with Crippen LogP contribution in [0.4, 0.5) is 0 Å². The van der Waals surface area contributed by atoms with Crippen molar-refractivity contribution >= 4 is 28.3 Å². The maximum Gasteiger partial charge on any atom is 0.134 e. The third-order valence-electron chi connectivity index (χ3n) is 1.06. The molecule has 0 aromatic heterocycles. The molecule has 10 heavy (non-hydrogen) atoms. The number of thioether (sulfide) groups is 1. The quantitative estimate of drug-likeness (QED) is 0.557. The summed E-state index contributed by atoms with van der Waals surface area (Å²) in [6, 6.07) is 0. The largest absolute Gasteiger partial charge is 0.367 e. The molecule has 0 atom stereocenters. The van der Waals surface area contributed by atoms with Crippen LogP contribution < -0.4 is 5.32 Å². The van der Waals surface area contributed by atoms with Gasteiger partial charge in [-0.3, -0.25) is 0 Å². The number of thiocarbonyl (C=S) groups is 1. The number of hydrogen-bond acceptors (Lipinski definition) is 2. The van der Waals surface area contributed by atoms with E-state index in [0.29, 0.717) is 0 Å². The van der Waals surface area contributed by atoms with Crippen molar-refractivity contribution in [2.24, 2.45) is 0 Å². The van der Waals surface area contributed by atoms with Gasteiger partial charge in [0, 0.05) is 12.3 Å². The molecule has 1 aliphatic heterocycles. The van der Waals surface area contributed by atoms with Gasteiger partial charge in [0.25, 0.3) is 0 Å². The van der Waals surface area contributed by atoms with Crippen molar-refractivity contribution in [2.45, 2.75) is 0 Å². The molecule has 0 bridgehead atoms. The van der Waals surface area contributed by atoms with Gasteiger partial charge in [-0.25, -0.2) is 0 Å². The van der Waals surface area contributed by atoms with Crippen LogP contribution in [-0.4, -0.2) is 16.6 Å². The second kappa shape index (κ2) is 4.52. The molecule has 0 aliphatic carbocycles. The van der Waals surface area contributed by atoms with Gasteiger partial charge in [-0.05, 0) is 0 Å². The minimum absolute atomic E-state index is 0.843. The summed E-state index contributed by atoms with van der Waals surface area (Å²) in [7, 11) is 0. The van der Waals surface area contributed by atoms with Gasteiger partial charge < -0.3 is 5.32 Å². The first-order valence-corrected chi connectivity index (χ1v) is 4.51. The zero-order chi connectivity index (χ0) is 7.23. The molecule has 0 aromatic carbocycles. The molecule has 0 fully saturated rings. The van der Waals surface area contributed by atoms with E-state index in [9.17, 15) is 0 Å². The fourth-order valence-electron chi connectivity index (χ4n) is 0.598. The summed E-state index contributed by atoms with van der Waals surface area (Å²) in [6.45, 7) is 0.843. The molecule has 0 unspecified atom stereocenters. The third-order valence-corrected chi connectivity index (χ3v) is 2.32. The lowest BCUT2D eigenvalue weighted by Gasteiger charge is -2.00. The highest BCUT2D eigenvalue weighted by molar-refractivity contribution is 8.23. The highest BCUT2D eigenvalue weighted by Crippen LogP contribution is 2.02. The van der Waals surface area contributed by atoms with E-state index in [4.69, 9.17) is 12.2 Å². The first-order valence-electron chi connectivity index (χ1n) is 3.12. The SMILES string of the molecule is S=C1NC/C=C\C=C/CS1. The summed E-state index contributed by atoms with van der Waals surface area (Å²) in [4.78, 5) is 0. The Morgan fingerprint density at radius 2 is 2.20 bits per heavy atom. The topological polar surface area (TPSA) is 12.0 Å². The van der Waals surface area contributed by atoms with Crippen molar-refractivity contribution in [1.82, 2.24) is 5.32 Å². The third kappa shape index (κ3) is 3.03. The van der Waals surface area contributed by atoms with Crippen LogP contribution in [-0.2, 0) is 0 Å². The van der Waals surface area contributed by atoms with Crippen LogP contribution in [0.3, 0.4) is 0 Å². The zero-order valence-corrected chi connectivity index (χ0v) is 7.17. The summed E-state index contributed by atoms with van der Waals surface area (Å²) in [6.07, 6.45) is 8.22. The Bertz CT molecular complexity index is 154. The minimum Gasteiger partial charge on any atom is -0.367 e. The zero-order valence-electron chi connectivity index (χ0n) is 5.54. The highest BCUT2D eigenvalue weighted by atomic mass is 32.2. The van der Waals surface area contributed by atoms with Crippen molar-refractivity contribution in [3.8, 4) is 0 Å². The monoisotopic (exact) mass is 171 g/mol. The normalized spacial score (nSPS) is 25.4. The van der Waals surface area contributed by atoms with Crippen LogP contribution in [0, 0.1) is 0 Å². The molecule has 1 rings (SSSR count). The molecule has 54 valence electrons. The van der Waals surface area contributed by atoms with Crippen LogP contribution in [0.2, 0.25) is 0 Å². The van der Waals surface area contributed by atoms with Crippen LogP contribution in [0.25, 0.3) is 0 Å². The second-order valence-electron chi connectivity index (χ2n) is 1.84. The molecule has 3 heteroatoms. The van der Waals surface area contributed by atoms with Gasteiger partial charge in [0.2, 0.25) is 0 Å². The van der Waals surface area contributed by atoms with E-state index in [1.165, 1.54) is 0 Å². The van der Waals surface area contributed by atoms with Gasteiger partial charge in [-0.1, -0.05) is 48.3 Å². The molecular formula is C7H9NS2. The first kappa shape index (κ1) is 7.82. The summed E-state index contributed by atoms with van der Waals surface area (Å²) in [5.74, 6) is 0.968. The molecule has 0 spiro atoms. The first-order chi connectivity index (χ1) is 4.89. The van der Waals surface area contributed by atoms with E-state index in [1.54, 1.807) is 11.8 Å². The van der Waals surface area contributed by atoms with Crippen molar-refractivity contribution in [1.29, 1.82) is 0 Å². The Hall–Kier alpha value is -0.280. The molecule has 0 saturated heterocycles. The van der Waals surface area contributed by atoms with Crippen molar-refractivity contribution < 1.29 is 0 Å². The molecule has 0 amide bonds. The molecule has 0 radical (unpaired) electrons. The Morgan fingerprint density at radius 3 is 3.10 bits per heavy atom. The number of rotatable bonds is 0. The van der Waals surface area contributed by atoms with E-state index in [1.807, 2.05) is 12.2 Å². The van der Waals surface area contributed by atoms with E-state index in [2.05, 4.69) is 17.5 Å². The Morgan fingerprint density at radius 1 is 1.40 bits per heavy atom. The number of allylic oxidation sites excluding steroid dienone is 2. The Labute approximate surface area is 70.6 Å². The summed E-state index contributed by atoms with van der Waals surface area (Å²) >= 11 is 6.66. The molecule has 1 N–H and O–H groups in total. The molecular weight excluding hydrogens is 162 g/mol. The van der Waals surface area contributed by atoms with Crippen LogP contribution in [0.1, 0.15) is 0 Å². The molecule has 1 aliphatic rings. The average Bonchev–Trinajstić information content (AvgIpc) is 2.02. The maximum absolute atomic E-state index is 5.00. The van der Waals surface area contributed by atoms with Crippen LogP contribution in [0.5, 0.6) is 0 Å². The lowest BCUT2D eigenvalue weighted by molar-refractivity contribution is 1.08. The summed E-state index contributed by atoms with van der Waals surface area (Å²) in [5, 5.41) is 3.09. The van der Waals surface area contributed by atoms with Crippen molar-refractivity contribution in [3.63, 3.8) is 0 Å². The Balaban J connectivity index is 2.44. The van der Waals surface area contributed by atoms with Crippen molar-refractivity contribution in [3.05, 3.63) is 24.3 Å². The Kier molecular flexibility index (Phi) is 3.54. The maximum atomic E-state index is 5.00. The van der Waals surface area contributed by atoms with Crippen LogP contribution >= 0.6 is 24.0 Å². The molecule has 1 nitrogen and oxygen atoms in total. The van der Waals surface area contributed by atoms with E-state index in [0.717, 1.165) is 16.6 Å². The summed E-state index contributed by atoms with van der Waals surface area (Å²) in [5.41, 5.74) is 0. The average molecular weight is 171 g/mol. The van der Waals surface area contributed by atoms with E-state index >= 15 is 0 Å². The fraction of sp³-hybridized carbons (Fsp3) is 0.286. The molecule has 0 aromatic rings. The van der Waals surface area contributed by atoms with E-state index in [-0.39, 0.29) is 0 Å². The van der Waals surface area contributed by atoms with Gasteiger partial charge >= 0.3 is 0 Å².